The molecule has 1 amide bonds. The zero-order valence-electron chi connectivity index (χ0n) is 17.9. The summed E-state index contributed by atoms with van der Waals surface area (Å²) in [5.41, 5.74) is 0. The number of ether oxygens (including phenoxy) is 1. The third-order valence-corrected chi connectivity index (χ3v) is 7.69. The van der Waals surface area contributed by atoms with E-state index in [9.17, 15) is 4.79 Å². The van der Waals surface area contributed by atoms with E-state index >= 15 is 0 Å². The summed E-state index contributed by atoms with van der Waals surface area (Å²) in [6.07, 6.45) is 5.84. The molecule has 0 aromatic carbocycles. The molecule has 30 heavy (non-hydrogen) atoms. The molecule has 5 rings (SSSR count). The van der Waals surface area contributed by atoms with Crippen LogP contribution in [0.2, 0.25) is 0 Å². The highest BCUT2D eigenvalue weighted by Crippen LogP contribution is 2.39. The van der Waals surface area contributed by atoms with Crippen molar-refractivity contribution >= 4 is 11.7 Å². The van der Waals surface area contributed by atoms with Crippen LogP contribution in [0.1, 0.15) is 32.1 Å². The second-order valence-electron chi connectivity index (χ2n) is 9.41. The summed E-state index contributed by atoms with van der Waals surface area (Å²) in [4.78, 5) is 17.5. The summed E-state index contributed by atoms with van der Waals surface area (Å²) in [6, 6.07) is 4.63. The van der Waals surface area contributed by atoms with Crippen LogP contribution in [0.15, 0.2) is 12.1 Å². The van der Waals surface area contributed by atoms with Crippen molar-refractivity contribution in [1.29, 1.82) is 0 Å². The summed E-state index contributed by atoms with van der Waals surface area (Å²) < 4.78 is 5.10. The van der Waals surface area contributed by atoms with E-state index in [0.29, 0.717) is 35.7 Å². The van der Waals surface area contributed by atoms with E-state index in [2.05, 4.69) is 30.6 Å². The minimum Gasteiger partial charge on any atom is -0.480 e. The Kier molecular flexibility index (Phi) is 5.78. The number of aromatic nitrogens is 2. The molecule has 5 atom stereocenters. The van der Waals surface area contributed by atoms with Gasteiger partial charge >= 0.3 is 0 Å². The summed E-state index contributed by atoms with van der Waals surface area (Å²) in [5, 5.41) is 15.4. The van der Waals surface area contributed by atoms with Crippen molar-refractivity contribution in [1.82, 2.24) is 25.7 Å². The number of hydrogen-bond acceptors (Lipinski definition) is 7. The van der Waals surface area contributed by atoms with Gasteiger partial charge in [0.25, 0.3) is 0 Å². The van der Waals surface area contributed by atoms with Crippen LogP contribution < -0.4 is 20.3 Å². The van der Waals surface area contributed by atoms with Crippen molar-refractivity contribution in [2.75, 3.05) is 51.3 Å². The molecule has 4 aliphatic rings. The fourth-order valence-electron chi connectivity index (χ4n) is 6.10. The number of carbonyl (C=O) groups excluding carboxylic acids is 1. The highest BCUT2D eigenvalue weighted by atomic mass is 16.5. The average Bonchev–Trinajstić information content (AvgIpc) is 2.80. The molecule has 4 heterocycles. The Morgan fingerprint density at radius 2 is 2.00 bits per heavy atom. The van der Waals surface area contributed by atoms with Gasteiger partial charge in [-0.2, -0.15) is 0 Å². The predicted molar refractivity (Wildman–Crippen MR) is 115 cm³/mol. The van der Waals surface area contributed by atoms with Gasteiger partial charge in [0.2, 0.25) is 11.8 Å². The van der Waals surface area contributed by atoms with Gasteiger partial charge in [-0.05, 0) is 56.6 Å². The zero-order valence-corrected chi connectivity index (χ0v) is 17.9. The number of piperazine rings is 1. The van der Waals surface area contributed by atoms with E-state index in [4.69, 9.17) is 4.74 Å². The molecule has 5 unspecified atom stereocenters. The van der Waals surface area contributed by atoms with Gasteiger partial charge in [0, 0.05) is 50.9 Å². The maximum atomic E-state index is 12.6. The van der Waals surface area contributed by atoms with Gasteiger partial charge in [-0.1, -0.05) is 0 Å². The molecule has 3 aliphatic heterocycles. The first-order valence-electron chi connectivity index (χ1n) is 11.6. The Hall–Kier alpha value is -1.93. The van der Waals surface area contributed by atoms with Crippen LogP contribution in [0.25, 0.3) is 0 Å². The van der Waals surface area contributed by atoms with Crippen molar-refractivity contribution in [3.05, 3.63) is 12.1 Å². The lowest BCUT2D eigenvalue weighted by Crippen LogP contribution is -2.64. The summed E-state index contributed by atoms with van der Waals surface area (Å²) in [7, 11) is 1.61. The van der Waals surface area contributed by atoms with E-state index in [0.717, 1.165) is 64.3 Å². The van der Waals surface area contributed by atoms with Gasteiger partial charge in [0.15, 0.2) is 5.82 Å². The van der Waals surface area contributed by atoms with Crippen molar-refractivity contribution < 1.29 is 9.53 Å². The molecule has 8 heteroatoms. The fourth-order valence-corrected chi connectivity index (χ4v) is 6.10. The van der Waals surface area contributed by atoms with Crippen molar-refractivity contribution in [3.8, 4) is 5.88 Å². The number of rotatable bonds is 4. The van der Waals surface area contributed by atoms with Gasteiger partial charge in [-0.25, -0.2) is 0 Å². The number of hydrogen-bond donors (Lipinski definition) is 2. The molecule has 1 aliphatic carbocycles. The molecule has 0 bridgehead atoms. The number of methoxy groups -OCH3 is 1. The molecule has 164 valence electrons. The molecular formula is C22H34N6O2. The number of piperidine rings is 2. The Balaban J connectivity index is 1.12. The molecule has 2 N–H and O–H groups in total. The summed E-state index contributed by atoms with van der Waals surface area (Å²) in [5.74, 6) is 3.27. The molecule has 1 aromatic heterocycles. The van der Waals surface area contributed by atoms with Gasteiger partial charge in [-0.15, -0.1) is 10.2 Å². The van der Waals surface area contributed by atoms with E-state index in [-0.39, 0.29) is 5.92 Å². The van der Waals surface area contributed by atoms with Gasteiger partial charge in [0.1, 0.15) is 0 Å². The highest BCUT2D eigenvalue weighted by Gasteiger charge is 2.47. The Bertz CT molecular complexity index is 736. The number of nitrogens with zero attached hydrogens (tertiary/aromatic N) is 4. The monoisotopic (exact) mass is 414 g/mol. The fraction of sp³-hybridized carbons (Fsp3) is 0.773. The number of fused-ring (bicyclic) bond motifs is 3. The SMILES string of the molecule is COc1ccc(N2CCN(CC3CCC4C(C3)NC(=O)C3CCCNC34)CC2)nn1. The maximum absolute atomic E-state index is 12.6. The molecule has 4 fully saturated rings. The normalized spacial score (nSPS) is 34.6. The third-order valence-electron chi connectivity index (χ3n) is 7.69. The maximum Gasteiger partial charge on any atom is 0.233 e. The van der Waals surface area contributed by atoms with Gasteiger partial charge in [-0.3, -0.25) is 9.69 Å². The number of amides is 1. The second kappa shape index (κ2) is 8.67. The third kappa shape index (κ3) is 3.99. The molecule has 0 radical (unpaired) electrons. The van der Waals surface area contributed by atoms with Crippen LogP contribution in [0.3, 0.4) is 0 Å². The van der Waals surface area contributed by atoms with Gasteiger partial charge < -0.3 is 20.3 Å². The first-order chi connectivity index (χ1) is 14.7. The average molecular weight is 415 g/mol. The van der Waals surface area contributed by atoms with Crippen LogP contribution >= 0.6 is 0 Å². The molecular weight excluding hydrogens is 380 g/mol. The summed E-state index contributed by atoms with van der Waals surface area (Å²) in [6.45, 7) is 6.27. The Labute approximate surface area is 178 Å². The van der Waals surface area contributed by atoms with E-state index in [1.807, 2.05) is 12.1 Å². The van der Waals surface area contributed by atoms with Crippen LogP contribution in [0, 0.1) is 17.8 Å². The number of carbonyl (C=O) groups is 1. The van der Waals surface area contributed by atoms with E-state index in [1.54, 1.807) is 7.11 Å². The molecule has 1 aromatic rings. The topological polar surface area (TPSA) is 82.6 Å². The predicted octanol–water partition coefficient (Wildman–Crippen LogP) is 0.890. The number of anilines is 1. The lowest BCUT2D eigenvalue weighted by Gasteiger charge is -2.50. The molecule has 3 saturated heterocycles. The summed E-state index contributed by atoms with van der Waals surface area (Å²) >= 11 is 0. The van der Waals surface area contributed by atoms with Crippen LogP contribution in [-0.2, 0) is 4.79 Å². The zero-order chi connectivity index (χ0) is 20.5. The largest absolute Gasteiger partial charge is 0.480 e. The van der Waals surface area contributed by atoms with Crippen LogP contribution in [0.4, 0.5) is 5.82 Å². The van der Waals surface area contributed by atoms with E-state index in [1.165, 1.54) is 12.8 Å². The number of nitrogens with one attached hydrogen (secondary N) is 2. The quantitative estimate of drug-likeness (QED) is 0.757. The standard InChI is InChI=1S/C22H34N6O2/c1-30-20-7-6-19(25-26-20)28-11-9-27(10-12-28)14-15-4-5-16-18(13-15)24-22(29)17-3-2-8-23-21(16)17/h6-7,15-18,21,23H,2-5,8-14H2,1H3,(H,24,29). The van der Waals surface area contributed by atoms with Crippen molar-refractivity contribution in [2.24, 2.45) is 17.8 Å². The highest BCUT2D eigenvalue weighted by molar-refractivity contribution is 5.81. The Morgan fingerprint density at radius 1 is 1.13 bits per heavy atom. The van der Waals surface area contributed by atoms with E-state index < -0.39 is 0 Å². The minimum absolute atomic E-state index is 0.200. The molecule has 0 spiro atoms. The lowest BCUT2D eigenvalue weighted by atomic mass is 9.67. The first-order valence-corrected chi connectivity index (χ1v) is 11.6. The van der Waals surface area contributed by atoms with Crippen LogP contribution in [0.5, 0.6) is 5.88 Å². The smallest absolute Gasteiger partial charge is 0.233 e. The van der Waals surface area contributed by atoms with Crippen molar-refractivity contribution in [2.45, 2.75) is 44.2 Å². The second-order valence-corrected chi connectivity index (χ2v) is 9.41. The molecule has 1 saturated carbocycles. The minimum atomic E-state index is 0.200. The van der Waals surface area contributed by atoms with Gasteiger partial charge in [0.05, 0.1) is 13.0 Å². The Morgan fingerprint density at radius 3 is 2.77 bits per heavy atom. The van der Waals surface area contributed by atoms with Crippen molar-refractivity contribution in [3.63, 3.8) is 0 Å². The molecule has 8 nitrogen and oxygen atoms in total. The first kappa shape index (κ1) is 20.0. The van der Waals surface area contributed by atoms with Crippen LogP contribution in [-0.4, -0.2) is 79.5 Å². The lowest BCUT2D eigenvalue weighted by molar-refractivity contribution is -0.133.